The van der Waals surface area contributed by atoms with Crippen LogP contribution in [-0.2, 0) is 0 Å². The van der Waals surface area contributed by atoms with E-state index in [0.29, 0.717) is 5.92 Å². The number of rotatable bonds is 7. The molecule has 6 heteroatoms. The number of likely N-dealkylation sites (tertiary alicyclic amines) is 1. The molecule has 2 unspecified atom stereocenters. The van der Waals surface area contributed by atoms with Gasteiger partial charge in [-0.1, -0.05) is 30.3 Å². The summed E-state index contributed by atoms with van der Waals surface area (Å²) < 4.78 is 0. The molecule has 0 bridgehead atoms. The van der Waals surface area contributed by atoms with Crippen molar-refractivity contribution in [1.82, 2.24) is 20.2 Å². The fourth-order valence-electron chi connectivity index (χ4n) is 5.04. The van der Waals surface area contributed by atoms with Crippen LogP contribution in [0.2, 0.25) is 0 Å². The fraction of sp³-hybridized carbons (Fsp3) is 0.500. The molecule has 2 aliphatic heterocycles. The van der Waals surface area contributed by atoms with E-state index in [4.69, 9.17) is 4.98 Å². The first-order valence-corrected chi connectivity index (χ1v) is 12.1. The van der Waals surface area contributed by atoms with Gasteiger partial charge in [0, 0.05) is 30.1 Å². The van der Waals surface area contributed by atoms with Gasteiger partial charge in [0.1, 0.15) is 17.0 Å². The largest absolute Gasteiger partial charge is 0.356 e. The van der Waals surface area contributed by atoms with Crippen molar-refractivity contribution in [2.75, 3.05) is 44.7 Å². The van der Waals surface area contributed by atoms with Crippen molar-refractivity contribution in [3.63, 3.8) is 0 Å². The highest BCUT2D eigenvalue weighted by atomic mass is 32.1. The van der Waals surface area contributed by atoms with Crippen molar-refractivity contribution < 1.29 is 0 Å². The molecule has 0 aliphatic carbocycles. The predicted octanol–water partition coefficient (Wildman–Crippen LogP) is 4.26. The zero-order valence-corrected chi connectivity index (χ0v) is 18.6. The molecule has 3 aromatic rings. The van der Waals surface area contributed by atoms with Crippen molar-refractivity contribution in [3.05, 3.63) is 42.0 Å². The van der Waals surface area contributed by atoms with Gasteiger partial charge in [-0.15, -0.1) is 11.3 Å². The molecule has 0 saturated carbocycles. The molecular weight excluding hydrogens is 390 g/mol. The van der Waals surface area contributed by atoms with Crippen LogP contribution in [0.25, 0.3) is 21.3 Å². The minimum Gasteiger partial charge on any atom is -0.356 e. The van der Waals surface area contributed by atoms with Gasteiger partial charge in [0.15, 0.2) is 0 Å². The van der Waals surface area contributed by atoms with Crippen LogP contribution in [-0.4, -0.2) is 60.7 Å². The lowest BCUT2D eigenvalue weighted by Gasteiger charge is -2.21. The van der Waals surface area contributed by atoms with Crippen LogP contribution in [0.4, 0.5) is 5.82 Å². The molecule has 1 aromatic carbocycles. The summed E-state index contributed by atoms with van der Waals surface area (Å²) in [6.07, 6.45) is 6.96. The zero-order valence-electron chi connectivity index (χ0n) is 17.8. The first-order chi connectivity index (χ1) is 14.8. The normalized spacial score (nSPS) is 22.4. The Morgan fingerprint density at radius 3 is 2.87 bits per heavy atom. The number of benzene rings is 1. The van der Waals surface area contributed by atoms with Crippen LogP contribution >= 0.6 is 11.3 Å². The Kier molecular flexibility index (Phi) is 5.97. The molecule has 0 radical (unpaired) electrons. The van der Waals surface area contributed by atoms with E-state index in [2.05, 4.69) is 62.9 Å². The molecule has 1 N–H and O–H groups in total. The molecule has 4 heterocycles. The van der Waals surface area contributed by atoms with E-state index in [1.54, 1.807) is 17.7 Å². The second-order valence-electron chi connectivity index (χ2n) is 8.76. The maximum atomic E-state index is 4.73. The topological polar surface area (TPSA) is 44.3 Å². The number of fused-ring (bicyclic) bond motifs is 1. The van der Waals surface area contributed by atoms with Crippen LogP contribution in [0.5, 0.6) is 0 Å². The number of aromatic nitrogens is 2. The molecule has 158 valence electrons. The highest BCUT2D eigenvalue weighted by molar-refractivity contribution is 7.17. The molecule has 0 amide bonds. The van der Waals surface area contributed by atoms with Crippen LogP contribution in [0.3, 0.4) is 0 Å². The van der Waals surface area contributed by atoms with E-state index >= 15 is 0 Å². The standard InChI is InChI=1S/C24H31N5S/c1-28-12-5-8-20(28)9-11-25-14-18-10-13-29(15-18)23-22-21(19-6-3-2-4-7-19)16-30-24(22)27-17-26-23/h2-4,6-7,16-18,20,25H,5,8-15H2,1H3. The molecule has 2 atom stereocenters. The summed E-state index contributed by atoms with van der Waals surface area (Å²) in [6, 6.07) is 11.4. The van der Waals surface area contributed by atoms with Crippen LogP contribution < -0.4 is 10.2 Å². The number of nitrogens with one attached hydrogen (secondary N) is 1. The Bertz CT molecular complexity index is 972. The average molecular weight is 422 g/mol. The monoisotopic (exact) mass is 421 g/mol. The van der Waals surface area contributed by atoms with Crippen molar-refractivity contribution >= 4 is 27.4 Å². The summed E-state index contributed by atoms with van der Waals surface area (Å²) >= 11 is 1.72. The van der Waals surface area contributed by atoms with E-state index in [1.165, 1.54) is 48.7 Å². The van der Waals surface area contributed by atoms with E-state index in [9.17, 15) is 0 Å². The Balaban J connectivity index is 1.24. The van der Waals surface area contributed by atoms with Crippen LogP contribution in [0, 0.1) is 5.92 Å². The molecule has 30 heavy (non-hydrogen) atoms. The SMILES string of the molecule is CN1CCCC1CCNCC1CCN(c2ncnc3scc(-c4ccccc4)c23)C1. The third kappa shape index (κ3) is 4.09. The first-order valence-electron chi connectivity index (χ1n) is 11.2. The quantitative estimate of drug-likeness (QED) is 0.578. The maximum absolute atomic E-state index is 4.73. The van der Waals surface area contributed by atoms with Crippen molar-refractivity contribution in [2.24, 2.45) is 5.92 Å². The van der Waals surface area contributed by atoms with Crippen molar-refractivity contribution in [2.45, 2.75) is 31.7 Å². The maximum Gasteiger partial charge on any atom is 0.141 e. The van der Waals surface area contributed by atoms with Gasteiger partial charge in [-0.25, -0.2) is 9.97 Å². The molecule has 0 spiro atoms. The van der Waals surface area contributed by atoms with Crippen LogP contribution in [0.1, 0.15) is 25.7 Å². The number of nitrogens with zero attached hydrogens (tertiary/aromatic N) is 4. The molecule has 2 aromatic heterocycles. The van der Waals surface area contributed by atoms with Gasteiger partial charge in [0.25, 0.3) is 0 Å². The minimum absolute atomic E-state index is 0.690. The van der Waals surface area contributed by atoms with Crippen molar-refractivity contribution in [3.8, 4) is 11.1 Å². The second-order valence-corrected chi connectivity index (χ2v) is 9.62. The third-order valence-corrected chi connectivity index (χ3v) is 7.67. The van der Waals surface area contributed by atoms with Gasteiger partial charge >= 0.3 is 0 Å². The summed E-state index contributed by atoms with van der Waals surface area (Å²) in [6.45, 7) is 5.66. The lowest BCUT2D eigenvalue weighted by atomic mass is 10.1. The van der Waals surface area contributed by atoms with Gasteiger partial charge < -0.3 is 15.1 Å². The molecule has 5 rings (SSSR count). The third-order valence-electron chi connectivity index (χ3n) is 6.78. The fourth-order valence-corrected chi connectivity index (χ4v) is 5.95. The highest BCUT2D eigenvalue weighted by Gasteiger charge is 2.26. The lowest BCUT2D eigenvalue weighted by Crippen LogP contribution is -2.32. The number of hydrogen-bond acceptors (Lipinski definition) is 6. The number of hydrogen-bond donors (Lipinski definition) is 1. The van der Waals surface area contributed by atoms with Gasteiger partial charge in [-0.3, -0.25) is 0 Å². The van der Waals surface area contributed by atoms with E-state index in [0.717, 1.165) is 42.9 Å². The van der Waals surface area contributed by atoms with E-state index < -0.39 is 0 Å². The van der Waals surface area contributed by atoms with Crippen molar-refractivity contribution in [1.29, 1.82) is 0 Å². The van der Waals surface area contributed by atoms with E-state index in [1.807, 2.05) is 0 Å². The zero-order chi connectivity index (χ0) is 20.3. The summed E-state index contributed by atoms with van der Waals surface area (Å²) in [5.41, 5.74) is 2.50. The molecular formula is C24H31N5S. The predicted molar refractivity (Wildman–Crippen MR) is 126 cm³/mol. The summed E-state index contributed by atoms with van der Waals surface area (Å²) in [4.78, 5) is 15.4. The van der Waals surface area contributed by atoms with Gasteiger partial charge in [-0.2, -0.15) is 0 Å². The van der Waals surface area contributed by atoms with Gasteiger partial charge in [-0.05, 0) is 63.8 Å². The highest BCUT2D eigenvalue weighted by Crippen LogP contribution is 2.39. The Morgan fingerprint density at radius 2 is 2.03 bits per heavy atom. The Labute approximate surface area is 183 Å². The smallest absolute Gasteiger partial charge is 0.141 e. The summed E-state index contributed by atoms with van der Waals surface area (Å²) in [5.74, 6) is 1.80. The molecule has 2 fully saturated rings. The number of thiophene rings is 1. The Hall–Kier alpha value is -2.02. The molecule has 5 nitrogen and oxygen atoms in total. The van der Waals surface area contributed by atoms with Gasteiger partial charge in [0.05, 0.1) is 5.39 Å². The summed E-state index contributed by atoms with van der Waals surface area (Å²) in [7, 11) is 2.27. The van der Waals surface area contributed by atoms with Gasteiger partial charge in [0.2, 0.25) is 0 Å². The average Bonchev–Trinajstić information content (AvgIpc) is 3.52. The first kappa shape index (κ1) is 19.9. The Morgan fingerprint density at radius 1 is 1.13 bits per heavy atom. The minimum atomic E-state index is 0.690. The molecule has 2 saturated heterocycles. The van der Waals surface area contributed by atoms with E-state index in [-0.39, 0.29) is 0 Å². The van der Waals surface area contributed by atoms with Crippen LogP contribution in [0.15, 0.2) is 42.0 Å². The number of anilines is 1. The molecule has 2 aliphatic rings. The lowest BCUT2D eigenvalue weighted by molar-refractivity contribution is 0.292. The second kappa shape index (κ2) is 9.00. The summed E-state index contributed by atoms with van der Waals surface area (Å²) in [5, 5.41) is 7.18.